The van der Waals surface area contributed by atoms with Crippen molar-refractivity contribution in [2.45, 2.75) is 43.6 Å². The Hall–Kier alpha value is -1.11. The minimum atomic E-state index is -3.54. The lowest BCUT2D eigenvalue weighted by molar-refractivity contribution is 0.0126. The summed E-state index contributed by atoms with van der Waals surface area (Å²) < 4.78 is 26.9. The molecule has 3 N–H and O–H groups in total. The van der Waals surface area contributed by atoms with Crippen LogP contribution in [0.1, 0.15) is 32.3 Å². The Balaban J connectivity index is 2.34. The molecule has 1 fully saturated rings. The van der Waals surface area contributed by atoms with Gasteiger partial charge in [-0.05, 0) is 43.9 Å². The molecule has 1 saturated heterocycles. The fourth-order valence-corrected chi connectivity index (χ4v) is 4.22. The molecular formula is C14H22N2O3S. The number of aryl methyl sites for hydroxylation is 1. The van der Waals surface area contributed by atoms with E-state index in [0.29, 0.717) is 42.9 Å². The van der Waals surface area contributed by atoms with Crippen molar-refractivity contribution in [2.75, 3.05) is 18.8 Å². The molecule has 1 heterocycles. The largest absolute Gasteiger partial charge is 0.399 e. The summed E-state index contributed by atoms with van der Waals surface area (Å²) >= 11 is 0. The summed E-state index contributed by atoms with van der Waals surface area (Å²) in [5.41, 5.74) is 6.18. The number of hydrogen-bond donors (Lipinski definition) is 2. The van der Waals surface area contributed by atoms with Gasteiger partial charge in [0.15, 0.2) is 0 Å². The van der Waals surface area contributed by atoms with Crippen molar-refractivity contribution in [3.05, 3.63) is 23.8 Å². The molecule has 0 spiro atoms. The first-order chi connectivity index (χ1) is 9.26. The number of sulfonamides is 1. The molecule has 0 saturated carbocycles. The number of aliphatic hydroxyl groups is 1. The molecule has 0 unspecified atom stereocenters. The van der Waals surface area contributed by atoms with E-state index in [1.54, 1.807) is 19.1 Å². The average molecular weight is 298 g/mol. The summed E-state index contributed by atoms with van der Waals surface area (Å²) in [5.74, 6) is 0. The summed E-state index contributed by atoms with van der Waals surface area (Å²) in [4.78, 5) is 0.293. The van der Waals surface area contributed by atoms with Crippen molar-refractivity contribution >= 4 is 15.7 Å². The van der Waals surface area contributed by atoms with E-state index in [-0.39, 0.29) is 0 Å². The molecule has 0 amide bonds. The van der Waals surface area contributed by atoms with Gasteiger partial charge in [-0.1, -0.05) is 13.0 Å². The van der Waals surface area contributed by atoms with Crippen LogP contribution in [0, 0.1) is 0 Å². The van der Waals surface area contributed by atoms with E-state index >= 15 is 0 Å². The van der Waals surface area contributed by atoms with Crippen molar-refractivity contribution in [1.82, 2.24) is 4.31 Å². The zero-order chi connectivity index (χ0) is 15.0. The number of benzene rings is 1. The maximum Gasteiger partial charge on any atom is 0.243 e. The highest BCUT2D eigenvalue weighted by Crippen LogP contribution is 2.28. The first kappa shape index (κ1) is 15.3. The van der Waals surface area contributed by atoms with Gasteiger partial charge < -0.3 is 10.8 Å². The molecular weight excluding hydrogens is 276 g/mol. The van der Waals surface area contributed by atoms with Crippen LogP contribution in [0.2, 0.25) is 0 Å². The van der Waals surface area contributed by atoms with Crippen LogP contribution >= 0.6 is 0 Å². The third-order valence-corrected chi connectivity index (χ3v) is 5.87. The average Bonchev–Trinajstić information content (AvgIpc) is 2.38. The van der Waals surface area contributed by atoms with Crippen LogP contribution in [0.5, 0.6) is 0 Å². The Morgan fingerprint density at radius 1 is 1.35 bits per heavy atom. The second-order valence-electron chi connectivity index (χ2n) is 5.62. The van der Waals surface area contributed by atoms with Gasteiger partial charge in [-0.15, -0.1) is 0 Å². The number of nitrogens with zero attached hydrogens (tertiary/aromatic N) is 1. The molecule has 0 aromatic heterocycles. The number of piperidine rings is 1. The Labute approximate surface area is 120 Å². The number of hydrogen-bond acceptors (Lipinski definition) is 4. The van der Waals surface area contributed by atoms with Gasteiger partial charge in [-0.3, -0.25) is 0 Å². The molecule has 20 heavy (non-hydrogen) atoms. The third-order valence-electron chi connectivity index (χ3n) is 3.89. The monoisotopic (exact) mass is 298 g/mol. The summed E-state index contributed by atoms with van der Waals surface area (Å²) in [6.45, 7) is 4.35. The van der Waals surface area contributed by atoms with Crippen molar-refractivity contribution in [3.63, 3.8) is 0 Å². The molecule has 1 aromatic rings. The fourth-order valence-electron chi connectivity index (χ4n) is 2.45. The topological polar surface area (TPSA) is 83.6 Å². The molecule has 2 rings (SSSR count). The molecule has 1 aromatic carbocycles. The quantitative estimate of drug-likeness (QED) is 0.826. The zero-order valence-electron chi connectivity index (χ0n) is 12.0. The minimum Gasteiger partial charge on any atom is -0.399 e. The van der Waals surface area contributed by atoms with Crippen LogP contribution in [0.4, 0.5) is 5.69 Å². The van der Waals surface area contributed by atoms with Gasteiger partial charge in [-0.25, -0.2) is 8.42 Å². The first-order valence-electron chi connectivity index (χ1n) is 6.87. The first-order valence-corrected chi connectivity index (χ1v) is 8.31. The predicted molar refractivity (Wildman–Crippen MR) is 78.8 cm³/mol. The molecule has 0 bridgehead atoms. The van der Waals surface area contributed by atoms with E-state index in [2.05, 4.69) is 0 Å². The summed E-state index contributed by atoms with van der Waals surface area (Å²) in [6, 6.07) is 5.02. The van der Waals surface area contributed by atoms with E-state index in [4.69, 9.17) is 5.73 Å². The predicted octanol–water partition coefficient (Wildman–Crippen LogP) is 1.37. The van der Waals surface area contributed by atoms with Crippen LogP contribution < -0.4 is 5.73 Å². The second-order valence-corrected chi connectivity index (χ2v) is 7.53. The highest BCUT2D eigenvalue weighted by Gasteiger charge is 2.34. The lowest BCUT2D eigenvalue weighted by Gasteiger charge is -2.35. The number of anilines is 1. The van der Waals surface area contributed by atoms with Crippen molar-refractivity contribution in [1.29, 1.82) is 0 Å². The highest BCUT2D eigenvalue weighted by molar-refractivity contribution is 7.89. The molecule has 112 valence electrons. The number of rotatable bonds is 3. The lowest BCUT2D eigenvalue weighted by Crippen LogP contribution is -2.45. The van der Waals surface area contributed by atoms with Crippen LogP contribution in [-0.2, 0) is 16.4 Å². The van der Waals surface area contributed by atoms with Gasteiger partial charge >= 0.3 is 0 Å². The van der Waals surface area contributed by atoms with Crippen molar-refractivity contribution in [2.24, 2.45) is 0 Å². The van der Waals surface area contributed by atoms with Crippen LogP contribution in [0.3, 0.4) is 0 Å². The maximum absolute atomic E-state index is 12.7. The van der Waals surface area contributed by atoms with Crippen molar-refractivity contribution < 1.29 is 13.5 Å². The fraction of sp³-hybridized carbons (Fsp3) is 0.571. The van der Waals surface area contributed by atoms with Gasteiger partial charge in [0.05, 0.1) is 10.5 Å². The molecule has 5 nitrogen and oxygen atoms in total. The Morgan fingerprint density at radius 2 is 1.95 bits per heavy atom. The Kier molecular flexibility index (Phi) is 4.09. The van der Waals surface area contributed by atoms with Gasteiger partial charge in [0.2, 0.25) is 10.0 Å². The molecule has 1 aliphatic rings. The molecule has 1 aliphatic heterocycles. The van der Waals surface area contributed by atoms with Gasteiger partial charge in [0.25, 0.3) is 0 Å². The third kappa shape index (κ3) is 2.97. The van der Waals surface area contributed by atoms with E-state index in [9.17, 15) is 13.5 Å². The summed E-state index contributed by atoms with van der Waals surface area (Å²) in [5, 5.41) is 9.93. The normalized spacial score (nSPS) is 19.9. The molecule has 6 heteroatoms. The van der Waals surface area contributed by atoms with Crippen LogP contribution in [-0.4, -0.2) is 36.5 Å². The molecule has 0 radical (unpaired) electrons. The van der Waals surface area contributed by atoms with Crippen LogP contribution in [0.25, 0.3) is 0 Å². The molecule has 0 aliphatic carbocycles. The highest BCUT2D eigenvalue weighted by atomic mass is 32.2. The standard InChI is InChI=1S/C14H22N2O3S/c1-3-11-4-5-12(15)10-13(11)20(18,19)16-8-6-14(2,17)7-9-16/h4-5,10,17H,3,6-9,15H2,1-2H3. The summed E-state index contributed by atoms with van der Waals surface area (Å²) in [7, 11) is -3.54. The smallest absolute Gasteiger partial charge is 0.243 e. The van der Waals surface area contributed by atoms with Gasteiger partial charge in [0, 0.05) is 18.8 Å². The number of nitrogen functional groups attached to an aromatic ring is 1. The van der Waals surface area contributed by atoms with Crippen molar-refractivity contribution in [3.8, 4) is 0 Å². The number of nitrogens with two attached hydrogens (primary N) is 1. The van der Waals surface area contributed by atoms with E-state index in [1.165, 1.54) is 10.4 Å². The Morgan fingerprint density at radius 3 is 2.50 bits per heavy atom. The zero-order valence-corrected chi connectivity index (χ0v) is 12.8. The van der Waals surface area contributed by atoms with E-state index in [1.807, 2.05) is 6.92 Å². The SMILES string of the molecule is CCc1ccc(N)cc1S(=O)(=O)N1CCC(C)(O)CC1. The second kappa shape index (κ2) is 5.35. The molecule has 0 atom stereocenters. The van der Waals surface area contributed by atoms with Gasteiger partial charge in [0.1, 0.15) is 0 Å². The van der Waals surface area contributed by atoms with Gasteiger partial charge in [-0.2, -0.15) is 4.31 Å². The van der Waals surface area contributed by atoms with E-state index < -0.39 is 15.6 Å². The Bertz CT molecular complexity index is 586. The lowest BCUT2D eigenvalue weighted by atomic mass is 9.95. The maximum atomic E-state index is 12.7. The minimum absolute atomic E-state index is 0.293. The summed E-state index contributed by atoms with van der Waals surface area (Å²) in [6.07, 6.45) is 1.55. The van der Waals surface area contributed by atoms with Crippen LogP contribution in [0.15, 0.2) is 23.1 Å². The van der Waals surface area contributed by atoms with E-state index in [0.717, 1.165) is 5.56 Å².